The Morgan fingerprint density at radius 2 is 1.90 bits per heavy atom. The van der Waals surface area contributed by atoms with Crippen molar-refractivity contribution < 1.29 is 19.4 Å². The van der Waals surface area contributed by atoms with E-state index in [4.69, 9.17) is 21.1 Å². The van der Waals surface area contributed by atoms with Crippen LogP contribution in [0.15, 0.2) is 42.2 Å². The van der Waals surface area contributed by atoms with Gasteiger partial charge in [-0.1, -0.05) is 36.7 Å². The van der Waals surface area contributed by atoms with Gasteiger partial charge in [0.15, 0.2) is 5.78 Å². The van der Waals surface area contributed by atoms with E-state index < -0.39 is 0 Å². The van der Waals surface area contributed by atoms with Crippen LogP contribution in [0, 0.1) is 5.92 Å². The second-order valence-electron chi connectivity index (χ2n) is 8.13. The number of carbonyl (C=O) groups excluding carboxylic acids is 1. The third-order valence-corrected chi connectivity index (χ3v) is 6.56. The van der Waals surface area contributed by atoms with Crippen LogP contribution in [0.1, 0.15) is 44.2 Å². The first-order chi connectivity index (χ1) is 14.4. The number of rotatable bonds is 5. The summed E-state index contributed by atoms with van der Waals surface area (Å²) in [5, 5.41) is 11.6. The van der Waals surface area contributed by atoms with Crippen LogP contribution in [-0.2, 0) is 16.0 Å². The number of ketones is 1. The largest absolute Gasteiger partial charge is 0.511 e. The average molecular weight is 427 g/mol. The smallest absolute Gasteiger partial charge is 0.167 e. The highest BCUT2D eigenvalue weighted by atomic mass is 35.5. The lowest BCUT2D eigenvalue weighted by atomic mass is 9.92. The fraction of sp³-hybridized carbons (Fsp3) is 0.400. The molecule has 30 heavy (non-hydrogen) atoms. The number of halogens is 1. The molecule has 4 nitrogen and oxygen atoms in total. The molecule has 0 radical (unpaired) electrons. The molecule has 1 aliphatic carbocycles. The summed E-state index contributed by atoms with van der Waals surface area (Å²) in [6.07, 6.45) is 3.01. The molecule has 1 fully saturated rings. The molecule has 3 atom stereocenters. The summed E-state index contributed by atoms with van der Waals surface area (Å²) in [7, 11) is 1.59. The van der Waals surface area contributed by atoms with E-state index in [9.17, 15) is 9.90 Å². The first-order valence-electron chi connectivity index (χ1n) is 10.5. The van der Waals surface area contributed by atoms with E-state index in [-0.39, 0.29) is 29.7 Å². The Hall–Kier alpha value is -2.30. The van der Waals surface area contributed by atoms with Crippen molar-refractivity contribution in [3.8, 4) is 16.9 Å². The molecule has 1 aliphatic heterocycles. The summed E-state index contributed by atoms with van der Waals surface area (Å²) in [5.74, 6) is 0.518. The summed E-state index contributed by atoms with van der Waals surface area (Å²) < 4.78 is 11.3. The number of methoxy groups -OCH3 is 1. The van der Waals surface area contributed by atoms with Gasteiger partial charge in [0.25, 0.3) is 0 Å². The first-order valence-corrected chi connectivity index (χ1v) is 10.9. The number of carbonyl (C=O) groups is 1. The van der Waals surface area contributed by atoms with Crippen LogP contribution >= 0.6 is 11.6 Å². The fourth-order valence-electron chi connectivity index (χ4n) is 4.59. The minimum Gasteiger partial charge on any atom is -0.511 e. The van der Waals surface area contributed by atoms with E-state index in [1.165, 1.54) is 0 Å². The van der Waals surface area contributed by atoms with Gasteiger partial charge in [-0.2, -0.15) is 0 Å². The van der Waals surface area contributed by atoms with Crippen molar-refractivity contribution in [2.45, 2.75) is 51.7 Å². The zero-order valence-corrected chi connectivity index (χ0v) is 18.3. The number of ether oxygens (including phenoxy) is 2. The van der Waals surface area contributed by atoms with Crippen molar-refractivity contribution in [2.24, 2.45) is 5.92 Å². The molecule has 0 amide bonds. The van der Waals surface area contributed by atoms with Crippen molar-refractivity contribution in [2.75, 3.05) is 7.11 Å². The van der Waals surface area contributed by atoms with Crippen LogP contribution in [0.4, 0.5) is 0 Å². The van der Waals surface area contributed by atoms with Crippen LogP contribution in [-0.4, -0.2) is 30.2 Å². The number of aliphatic hydroxyl groups excluding tert-OH is 1. The molecule has 1 N–H and O–H groups in total. The summed E-state index contributed by atoms with van der Waals surface area (Å²) in [4.78, 5) is 13.0. The summed E-state index contributed by atoms with van der Waals surface area (Å²) in [6.45, 7) is 4.09. The number of aliphatic hydroxyl groups is 1. The molecule has 1 saturated heterocycles. The van der Waals surface area contributed by atoms with Gasteiger partial charge in [-0.05, 0) is 66.6 Å². The molecule has 5 heteroatoms. The SMILES string of the molecule is CCc1ccc(-c2ccc(Cl)c(OC)c2)cc1C1=C(O)[C@@H]([C@@H]2CC[C@H](C)O2)CC1=O. The van der Waals surface area contributed by atoms with E-state index >= 15 is 0 Å². The topological polar surface area (TPSA) is 55.8 Å². The molecular formula is C25H27ClO4. The molecule has 1 heterocycles. The van der Waals surface area contributed by atoms with E-state index in [0.717, 1.165) is 41.5 Å². The van der Waals surface area contributed by atoms with Gasteiger partial charge in [0, 0.05) is 6.42 Å². The van der Waals surface area contributed by atoms with Gasteiger partial charge in [0.2, 0.25) is 0 Å². The van der Waals surface area contributed by atoms with Crippen LogP contribution in [0.25, 0.3) is 16.7 Å². The third-order valence-electron chi connectivity index (χ3n) is 6.25. The Labute approximate surface area is 182 Å². The minimum atomic E-state index is -0.249. The standard InChI is InChI=1S/C25H27ClO4/c1-4-15-6-7-16(17-8-9-20(26)23(12-17)29-3)11-18(15)24-21(27)13-19(25(24)28)22-10-5-14(2)30-22/h6-9,11-12,14,19,22,28H,4-5,10,13H2,1-3H3/t14-,19+,22-/m0/s1. The predicted octanol–water partition coefficient (Wildman–Crippen LogP) is 6.00. The number of aryl methyl sites for hydroxylation is 1. The van der Waals surface area contributed by atoms with Crippen molar-refractivity contribution >= 4 is 23.0 Å². The zero-order chi connectivity index (χ0) is 21.4. The number of hydrogen-bond acceptors (Lipinski definition) is 4. The molecular weight excluding hydrogens is 400 g/mol. The minimum absolute atomic E-state index is 0.0128. The highest BCUT2D eigenvalue weighted by Crippen LogP contribution is 2.42. The van der Waals surface area contributed by atoms with Gasteiger partial charge < -0.3 is 14.6 Å². The lowest BCUT2D eigenvalue weighted by Crippen LogP contribution is -2.21. The monoisotopic (exact) mass is 426 g/mol. The van der Waals surface area contributed by atoms with Crippen LogP contribution < -0.4 is 4.74 Å². The maximum atomic E-state index is 13.0. The molecule has 0 spiro atoms. The molecule has 0 aromatic heterocycles. The van der Waals surface area contributed by atoms with Crippen LogP contribution in [0.5, 0.6) is 5.75 Å². The lowest BCUT2D eigenvalue weighted by molar-refractivity contribution is -0.114. The molecule has 2 aromatic rings. The molecule has 0 bridgehead atoms. The average Bonchev–Trinajstić information content (AvgIpc) is 3.30. The zero-order valence-electron chi connectivity index (χ0n) is 17.6. The molecule has 158 valence electrons. The molecule has 4 rings (SSSR count). The van der Waals surface area contributed by atoms with Gasteiger partial charge in [0.1, 0.15) is 11.5 Å². The molecule has 2 aliphatic rings. The Bertz CT molecular complexity index is 1010. The quantitative estimate of drug-likeness (QED) is 0.636. The second-order valence-corrected chi connectivity index (χ2v) is 8.54. The molecule has 2 aromatic carbocycles. The van der Waals surface area contributed by atoms with Gasteiger partial charge in [0.05, 0.1) is 35.8 Å². The number of Topliss-reactive ketones (excluding diaryl/α,β-unsaturated/α-hetero) is 1. The highest BCUT2D eigenvalue weighted by Gasteiger charge is 2.41. The van der Waals surface area contributed by atoms with E-state index in [1.807, 2.05) is 37.3 Å². The summed E-state index contributed by atoms with van der Waals surface area (Å²) in [5.41, 5.74) is 4.17. The molecule has 0 unspecified atom stereocenters. The molecule has 0 saturated carbocycles. The van der Waals surface area contributed by atoms with Gasteiger partial charge in [-0.15, -0.1) is 0 Å². The normalized spacial score (nSPS) is 24.0. The van der Waals surface area contributed by atoms with Gasteiger partial charge >= 0.3 is 0 Å². The van der Waals surface area contributed by atoms with Crippen LogP contribution in [0.2, 0.25) is 5.02 Å². The second kappa shape index (κ2) is 8.44. The van der Waals surface area contributed by atoms with Crippen molar-refractivity contribution in [1.82, 2.24) is 0 Å². The lowest BCUT2D eigenvalue weighted by Gasteiger charge is -2.18. The Morgan fingerprint density at radius 3 is 2.57 bits per heavy atom. The maximum absolute atomic E-state index is 13.0. The Balaban J connectivity index is 1.77. The summed E-state index contributed by atoms with van der Waals surface area (Å²) in [6, 6.07) is 11.7. The van der Waals surface area contributed by atoms with Crippen LogP contribution in [0.3, 0.4) is 0 Å². The predicted molar refractivity (Wildman–Crippen MR) is 119 cm³/mol. The van der Waals surface area contributed by atoms with Crippen molar-refractivity contribution in [3.63, 3.8) is 0 Å². The maximum Gasteiger partial charge on any atom is 0.167 e. The van der Waals surface area contributed by atoms with Gasteiger partial charge in [-0.3, -0.25) is 4.79 Å². The number of benzene rings is 2. The fourth-order valence-corrected chi connectivity index (χ4v) is 4.78. The van der Waals surface area contributed by atoms with Crippen molar-refractivity contribution in [3.05, 3.63) is 58.3 Å². The van der Waals surface area contributed by atoms with E-state index in [2.05, 4.69) is 6.92 Å². The van der Waals surface area contributed by atoms with Crippen molar-refractivity contribution in [1.29, 1.82) is 0 Å². The number of hydrogen-bond donors (Lipinski definition) is 1. The number of allylic oxidation sites excluding steroid dienone is 1. The van der Waals surface area contributed by atoms with Gasteiger partial charge in [-0.25, -0.2) is 0 Å². The Kier molecular flexibility index (Phi) is 5.90. The van der Waals surface area contributed by atoms with E-state index in [1.54, 1.807) is 13.2 Å². The first kappa shape index (κ1) is 21.0. The summed E-state index contributed by atoms with van der Waals surface area (Å²) >= 11 is 6.17. The van der Waals surface area contributed by atoms with E-state index in [0.29, 0.717) is 22.8 Å². The Morgan fingerprint density at radius 1 is 1.17 bits per heavy atom. The highest BCUT2D eigenvalue weighted by molar-refractivity contribution is 6.32. The third kappa shape index (κ3) is 3.75.